The van der Waals surface area contributed by atoms with Crippen LogP contribution in [0.3, 0.4) is 0 Å². The zero-order valence-electron chi connectivity index (χ0n) is 12.5. The summed E-state index contributed by atoms with van der Waals surface area (Å²) in [5, 5.41) is 3.01. The molecule has 1 heterocycles. The van der Waals surface area contributed by atoms with Crippen molar-refractivity contribution in [3.05, 3.63) is 28.2 Å². The number of halogens is 1. The molecule has 1 saturated carbocycles. The van der Waals surface area contributed by atoms with Gasteiger partial charge < -0.3 is 5.32 Å². The van der Waals surface area contributed by atoms with Gasteiger partial charge in [0.05, 0.1) is 10.5 Å². The number of rotatable bonds is 5. The highest BCUT2D eigenvalue weighted by Gasteiger charge is 2.29. The standard InChI is InChI=1S/C15H19BrN2O3S2/c16-14-4-3-12(23(20,21)18-11-1-2-11)9-13(14)15(19)17-10-5-7-22-8-6-10/h3-4,9-11,18H,1-2,5-8H2,(H,17,19). The molecule has 0 atom stereocenters. The van der Waals surface area contributed by atoms with E-state index in [1.165, 1.54) is 12.1 Å². The topological polar surface area (TPSA) is 75.3 Å². The number of benzene rings is 1. The zero-order chi connectivity index (χ0) is 16.4. The Morgan fingerprint density at radius 3 is 2.48 bits per heavy atom. The first-order valence-electron chi connectivity index (χ1n) is 7.66. The largest absolute Gasteiger partial charge is 0.349 e. The van der Waals surface area contributed by atoms with Gasteiger partial charge in [0, 0.05) is 16.6 Å². The molecule has 1 saturated heterocycles. The van der Waals surface area contributed by atoms with Gasteiger partial charge in [0.25, 0.3) is 5.91 Å². The summed E-state index contributed by atoms with van der Waals surface area (Å²) in [7, 11) is -3.56. The van der Waals surface area contributed by atoms with Crippen LogP contribution in [0.25, 0.3) is 0 Å². The Labute approximate surface area is 149 Å². The van der Waals surface area contributed by atoms with E-state index in [1.54, 1.807) is 6.07 Å². The lowest BCUT2D eigenvalue weighted by atomic mass is 10.1. The predicted octanol–water partition coefficient (Wildman–Crippen LogP) is 2.52. The molecule has 126 valence electrons. The molecule has 23 heavy (non-hydrogen) atoms. The minimum atomic E-state index is -3.56. The molecule has 0 radical (unpaired) electrons. The second-order valence-electron chi connectivity index (χ2n) is 5.90. The van der Waals surface area contributed by atoms with Crippen LogP contribution in [0.2, 0.25) is 0 Å². The lowest BCUT2D eigenvalue weighted by molar-refractivity contribution is 0.0934. The van der Waals surface area contributed by atoms with Crippen LogP contribution >= 0.6 is 27.7 Å². The van der Waals surface area contributed by atoms with E-state index < -0.39 is 10.0 Å². The molecule has 0 aromatic heterocycles. The second kappa shape index (κ2) is 7.13. The molecule has 3 rings (SSSR count). The van der Waals surface area contributed by atoms with Crippen LogP contribution in [0.4, 0.5) is 0 Å². The van der Waals surface area contributed by atoms with Gasteiger partial charge in [-0.3, -0.25) is 4.79 Å². The van der Waals surface area contributed by atoms with E-state index in [2.05, 4.69) is 26.0 Å². The summed E-state index contributed by atoms with van der Waals surface area (Å²) in [6, 6.07) is 4.79. The van der Waals surface area contributed by atoms with Gasteiger partial charge in [-0.1, -0.05) is 0 Å². The first kappa shape index (κ1) is 17.3. The molecule has 1 amide bonds. The van der Waals surface area contributed by atoms with Gasteiger partial charge in [-0.05, 0) is 71.3 Å². The molecule has 2 aliphatic rings. The third-order valence-electron chi connectivity index (χ3n) is 3.95. The number of nitrogens with one attached hydrogen (secondary N) is 2. The number of amides is 1. The van der Waals surface area contributed by atoms with Gasteiger partial charge in [0.15, 0.2) is 0 Å². The van der Waals surface area contributed by atoms with E-state index in [1.807, 2.05) is 11.8 Å². The normalized spacial score (nSPS) is 19.5. The van der Waals surface area contributed by atoms with Gasteiger partial charge in [0.1, 0.15) is 0 Å². The number of carbonyl (C=O) groups is 1. The van der Waals surface area contributed by atoms with E-state index in [-0.39, 0.29) is 22.9 Å². The third-order valence-corrected chi connectivity index (χ3v) is 7.21. The Kier molecular flexibility index (Phi) is 5.35. The lowest BCUT2D eigenvalue weighted by Crippen LogP contribution is -2.37. The minimum Gasteiger partial charge on any atom is -0.349 e. The van der Waals surface area contributed by atoms with Crippen LogP contribution in [-0.2, 0) is 10.0 Å². The van der Waals surface area contributed by atoms with Crippen LogP contribution < -0.4 is 10.0 Å². The van der Waals surface area contributed by atoms with Gasteiger partial charge >= 0.3 is 0 Å². The highest BCUT2D eigenvalue weighted by Crippen LogP contribution is 2.25. The molecular weight excluding hydrogens is 400 g/mol. The number of hydrogen-bond acceptors (Lipinski definition) is 4. The molecular formula is C15H19BrN2O3S2. The van der Waals surface area contributed by atoms with Gasteiger partial charge in [0.2, 0.25) is 10.0 Å². The van der Waals surface area contributed by atoms with Crippen molar-refractivity contribution in [3.8, 4) is 0 Å². The molecule has 1 aliphatic carbocycles. The molecule has 2 fully saturated rings. The van der Waals surface area contributed by atoms with E-state index in [0.717, 1.165) is 37.2 Å². The first-order valence-corrected chi connectivity index (χ1v) is 11.1. The predicted molar refractivity (Wildman–Crippen MR) is 95.3 cm³/mol. The van der Waals surface area contributed by atoms with Crippen LogP contribution in [0.1, 0.15) is 36.0 Å². The van der Waals surface area contributed by atoms with E-state index >= 15 is 0 Å². The second-order valence-corrected chi connectivity index (χ2v) is 9.69. The van der Waals surface area contributed by atoms with Crippen molar-refractivity contribution in [1.82, 2.24) is 10.0 Å². The van der Waals surface area contributed by atoms with Crippen LogP contribution in [0.5, 0.6) is 0 Å². The quantitative estimate of drug-likeness (QED) is 0.769. The number of sulfonamides is 1. The van der Waals surface area contributed by atoms with Gasteiger partial charge in [-0.2, -0.15) is 11.8 Å². The Morgan fingerprint density at radius 1 is 1.13 bits per heavy atom. The molecule has 8 heteroatoms. The summed E-state index contributed by atoms with van der Waals surface area (Å²) in [6.45, 7) is 0. The van der Waals surface area contributed by atoms with Crippen molar-refractivity contribution in [2.75, 3.05) is 11.5 Å². The fraction of sp³-hybridized carbons (Fsp3) is 0.533. The summed E-state index contributed by atoms with van der Waals surface area (Å²) < 4.78 is 27.8. The average molecular weight is 419 g/mol. The molecule has 0 unspecified atom stereocenters. The van der Waals surface area contributed by atoms with E-state index in [0.29, 0.717) is 10.0 Å². The van der Waals surface area contributed by atoms with Crippen LogP contribution in [-0.4, -0.2) is 37.9 Å². The van der Waals surface area contributed by atoms with E-state index in [4.69, 9.17) is 0 Å². The van der Waals surface area contributed by atoms with Crippen molar-refractivity contribution in [2.45, 2.75) is 42.7 Å². The van der Waals surface area contributed by atoms with Crippen molar-refractivity contribution in [2.24, 2.45) is 0 Å². The zero-order valence-corrected chi connectivity index (χ0v) is 15.8. The highest BCUT2D eigenvalue weighted by atomic mass is 79.9. The average Bonchev–Trinajstić information content (AvgIpc) is 3.31. The molecule has 1 aromatic carbocycles. The van der Waals surface area contributed by atoms with Crippen molar-refractivity contribution in [1.29, 1.82) is 0 Å². The maximum absolute atomic E-state index is 12.5. The third kappa shape index (κ3) is 4.49. The summed E-state index contributed by atoms with van der Waals surface area (Å²) in [6.07, 6.45) is 3.66. The summed E-state index contributed by atoms with van der Waals surface area (Å²) in [5.41, 5.74) is 0.363. The maximum Gasteiger partial charge on any atom is 0.252 e. The minimum absolute atomic E-state index is 0.0423. The Hall–Kier alpha value is -0.570. The van der Waals surface area contributed by atoms with Gasteiger partial charge in [-0.15, -0.1) is 0 Å². The summed E-state index contributed by atoms with van der Waals surface area (Å²) in [4.78, 5) is 12.6. The smallest absolute Gasteiger partial charge is 0.252 e. The molecule has 0 spiro atoms. The van der Waals surface area contributed by atoms with Crippen molar-refractivity contribution < 1.29 is 13.2 Å². The van der Waals surface area contributed by atoms with Gasteiger partial charge in [-0.25, -0.2) is 13.1 Å². The highest BCUT2D eigenvalue weighted by molar-refractivity contribution is 9.10. The fourth-order valence-electron chi connectivity index (χ4n) is 2.44. The molecule has 0 bridgehead atoms. The van der Waals surface area contributed by atoms with E-state index in [9.17, 15) is 13.2 Å². The van der Waals surface area contributed by atoms with Crippen LogP contribution in [0.15, 0.2) is 27.6 Å². The lowest BCUT2D eigenvalue weighted by Gasteiger charge is -2.22. The summed E-state index contributed by atoms with van der Waals surface area (Å²) >= 11 is 5.24. The molecule has 5 nitrogen and oxygen atoms in total. The Morgan fingerprint density at radius 2 is 1.83 bits per heavy atom. The first-order chi connectivity index (χ1) is 11.0. The maximum atomic E-state index is 12.5. The molecule has 1 aliphatic heterocycles. The molecule has 1 aromatic rings. The number of carbonyl (C=O) groups excluding carboxylic acids is 1. The number of thioether (sulfide) groups is 1. The monoisotopic (exact) mass is 418 g/mol. The fourth-order valence-corrected chi connectivity index (χ4v) is 5.30. The Bertz CT molecular complexity index is 699. The number of hydrogen-bond donors (Lipinski definition) is 2. The summed E-state index contributed by atoms with van der Waals surface area (Å²) in [5.74, 6) is 1.87. The van der Waals surface area contributed by atoms with Crippen molar-refractivity contribution in [3.63, 3.8) is 0 Å². The van der Waals surface area contributed by atoms with Crippen molar-refractivity contribution >= 4 is 43.6 Å². The van der Waals surface area contributed by atoms with Crippen LogP contribution in [0, 0.1) is 0 Å². The Balaban J connectivity index is 1.77. The SMILES string of the molecule is O=C(NC1CCSCC1)c1cc(S(=O)(=O)NC2CC2)ccc1Br. The molecule has 2 N–H and O–H groups in total.